The van der Waals surface area contributed by atoms with Crippen LogP contribution in [0.2, 0.25) is 0 Å². The van der Waals surface area contributed by atoms with Crippen LogP contribution in [0.1, 0.15) is 25.3 Å². The van der Waals surface area contributed by atoms with E-state index in [2.05, 4.69) is 20.7 Å². The van der Waals surface area contributed by atoms with Crippen molar-refractivity contribution in [1.29, 1.82) is 0 Å². The molecule has 2 amide bonds. The molecule has 1 atom stereocenters. The molecule has 0 bridgehead atoms. The zero-order chi connectivity index (χ0) is 17.0. The van der Waals surface area contributed by atoms with Gasteiger partial charge in [-0.1, -0.05) is 25.1 Å². The summed E-state index contributed by atoms with van der Waals surface area (Å²) in [7, 11) is 0. The third kappa shape index (κ3) is 3.46. The van der Waals surface area contributed by atoms with Crippen LogP contribution in [0.15, 0.2) is 54.2 Å². The van der Waals surface area contributed by atoms with E-state index in [4.69, 9.17) is 0 Å². The normalized spacial score (nSPS) is 13.2. The molecule has 0 aliphatic carbocycles. The Hall–Kier alpha value is -2.67. The second-order valence-electron chi connectivity index (χ2n) is 5.58. The molecule has 24 heavy (non-hydrogen) atoms. The van der Waals surface area contributed by atoms with E-state index in [0.29, 0.717) is 5.82 Å². The van der Waals surface area contributed by atoms with Gasteiger partial charge in [-0.3, -0.25) is 5.32 Å². The van der Waals surface area contributed by atoms with E-state index in [1.165, 1.54) is 11.3 Å². The number of carbonyl (C=O) groups excluding carboxylic acids is 1. The van der Waals surface area contributed by atoms with Crippen LogP contribution in [-0.2, 0) is 5.54 Å². The van der Waals surface area contributed by atoms with Crippen molar-refractivity contribution in [2.75, 3.05) is 5.32 Å². The predicted octanol–water partition coefficient (Wildman–Crippen LogP) is 3.78. The fourth-order valence-corrected chi connectivity index (χ4v) is 3.13. The number of para-hydroxylation sites is 1. The fourth-order valence-electron chi connectivity index (χ4n) is 2.30. The highest BCUT2D eigenvalue weighted by Gasteiger charge is 2.29. The summed E-state index contributed by atoms with van der Waals surface area (Å²) < 4.78 is 1.72. The first kappa shape index (κ1) is 16.2. The summed E-state index contributed by atoms with van der Waals surface area (Å²) in [6.45, 7) is 3.99. The zero-order valence-electron chi connectivity index (χ0n) is 13.6. The average Bonchev–Trinajstić information content (AvgIpc) is 3.27. The summed E-state index contributed by atoms with van der Waals surface area (Å²) in [5, 5.41) is 12.9. The number of anilines is 1. The maximum atomic E-state index is 12.3. The van der Waals surface area contributed by atoms with Crippen LogP contribution in [0.25, 0.3) is 5.69 Å². The molecule has 0 unspecified atom stereocenters. The van der Waals surface area contributed by atoms with Crippen LogP contribution in [-0.4, -0.2) is 20.8 Å². The highest BCUT2D eigenvalue weighted by Crippen LogP contribution is 2.26. The molecule has 3 rings (SSSR count). The number of urea groups is 1. The molecular weight excluding hydrogens is 322 g/mol. The molecule has 2 N–H and O–H groups in total. The number of aromatic nitrogens is 3. The van der Waals surface area contributed by atoms with Crippen molar-refractivity contribution in [2.24, 2.45) is 0 Å². The minimum Gasteiger partial charge on any atom is -0.326 e. The van der Waals surface area contributed by atoms with Gasteiger partial charge in [0.1, 0.15) is 5.01 Å². The Kier molecular flexibility index (Phi) is 4.61. The standard InChI is InChI=1S/C17H19N5OS/c1-3-17(2,15-18-10-12-24-15)20-16(23)19-14-9-11-22(21-14)13-7-5-4-6-8-13/h4-12H,3H2,1-2H3,(H2,19,20,21,23)/t17-/m1/s1. The molecule has 0 fully saturated rings. The Bertz CT molecular complexity index is 800. The summed E-state index contributed by atoms with van der Waals surface area (Å²) in [6, 6.07) is 11.2. The summed E-state index contributed by atoms with van der Waals surface area (Å²) in [4.78, 5) is 16.7. The molecule has 3 aromatic rings. The van der Waals surface area contributed by atoms with Gasteiger partial charge in [-0.15, -0.1) is 16.4 Å². The third-order valence-electron chi connectivity index (χ3n) is 3.85. The molecule has 7 heteroatoms. The van der Waals surface area contributed by atoms with Crippen molar-refractivity contribution in [2.45, 2.75) is 25.8 Å². The number of amides is 2. The van der Waals surface area contributed by atoms with E-state index >= 15 is 0 Å². The van der Waals surface area contributed by atoms with Crippen LogP contribution in [0, 0.1) is 0 Å². The number of benzene rings is 1. The lowest BCUT2D eigenvalue weighted by Crippen LogP contribution is -2.45. The summed E-state index contributed by atoms with van der Waals surface area (Å²) in [5.74, 6) is 0.494. The summed E-state index contributed by atoms with van der Waals surface area (Å²) in [6.07, 6.45) is 4.30. The number of thiazole rings is 1. The van der Waals surface area contributed by atoms with Crippen LogP contribution in [0.3, 0.4) is 0 Å². The molecule has 124 valence electrons. The monoisotopic (exact) mass is 341 g/mol. The Labute approximate surface area is 144 Å². The third-order valence-corrected chi connectivity index (χ3v) is 4.89. The van der Waals surface area contributed by atoms with Gasteiger partial charge in [-0.25, -0.2) is 14.5 Å². The maximum absolute atomic E-state index is 12.3. The van der Waals surface area contributed by atoms with Gasteiger partial charge in [0.2, 0.25) is 0 Å². The van der Waals surface area contributed by atoms with Crippen LogP contribution >= 0.6 is 11.3 Å². The smallest absolute Gasteiger partial charge is 0.321 e. The molecule has 2 heterocycles. The predicted molar refractivity (Wildman–Crippen MR) is 95.5 cm³/mol. The molecule has 0 radical (unpaired) electrons. The number of rotatable bonds is 5. The molecule has 0 saturated heterocycles. The topological polar surface area (TPSA) is 71.8 Å². The van der Waals surface area contributed by atoms with Gasteiger partial charge in [-0.2, -0.15) is 0 Å². The number of nitrogens with zero attached hydrogens (tertiary/aromatic N) is 3. The fraction of sp³-hybridized carbons (Fsp3) is 0.235. The lowest BCUT2D eigenvalue weighted by molar-refractivity contribution is 0.237. The van der Waals surface area contributed by atoms with E-state index in [1.807, 2.05) is 55.8 Å². The van der Waals surface area contributed by atoms with Gasteiger partial charge < -0.3 is 5.32 Å². The Morgan fingerprint density at radius 3 is 2.75 bits per heavy atom. The van der Waals surface area contributed by atoms with Crippen molar-refractivity contribution in [3.8, 4) is 5.69 Å². The van der Waals surface area contributed by atoms with E-state index in [-0.39, 0.29) is 6.03 Å². The Balaban J connectivity index is 1.68. The molecule has 2 aromatic heterocycles. The van der Waals surface area contributed by atoms with Crippen molar-refractivity contribution in [3.05, 3.63) is 59.2 Å². The average molecular weight is 341 g/mol. The minimum absolute atomic E-state index is 0.298. The van der Waals surface area contributed by atoms with Gasteiger partial charge in [-0.05, 0) is 25.5 Å². The van der Waals surface area contributed by atoms with Crippen molar-refractivity contribution >= 4 is 23.2 Å². The van der Waals surface area contributed by atoms with E-state index < -0.39 is 5.54 Å². The molecule has 6 nitrogen and oxygen atoms in total. The SMILES string of the molecule is CC[C@@](C)(NC(=O)Nc1ccn(-c2ccccc2)n1)c1nccs1. The number of hydrogen-bond donors (Lipinski definition) is 2. The minimum atomic E-state index is -0.500. The van der Waals surface area contributed by atoms with Crippen LogP contribution in [0.4, 0.5) is 10.6 Å². The number of hydrogen-bond acceptors (Lipinski definition) is 4. The molecule has 0 saturated carbocycles. The lowest BCUT2D eigenvalue weighted by Gasteiger charge is -2.27. The van der Waals surface area contributed by atoms with Crippen molar-refractivity contribution in [3.63, 3.8) is 0 Å². The first-order valence-corrected chi connectivity index (χ1v) is 8.59. The van der Waals surface area contributed by atoms with Crippen molar-refractivity contribution in [1.82, 2.24) is 20.1 Å². The van der Waals surface area contributed by atoms with Gasteiger partial charge in [0, 0.05) is 23.8 Å². The zero-order valence-corrected chi connectivity index (χ0v) is 14.4. The number of carbonyl (C=O) groups is 1. The van der Waals surface area contributed by atoms with Gasteiger partial charge >= 0.3 is 6.03 Å². The second kappa shape index (κ2) is 6.84. The highest BCUT2D eigenvalue weighted by atomic mass is 32.1. The largest absolute Gasteiger partial charge is 0.326 e. The van der Waals surface area contributed by atoms with E-state index in [0.717, 1.165) is 17.1 Å². The molecule has 0 aliphatic heterocycles. The quantitative estimate of drug-likeness (QED) is 0.742. The van der Waals surface area contributed by atoms with E-state index in [1.54, 1.807) is 16.9 Å². The van der Waals surface area contributed by atoms with Gasteiger partial charge in [0.05, 0.1) is 11.2 Å². The van der Waals surface area contributed by atoms with E-state index in [9.17, 15) is 4.79 Å². The first-order valence-electron chi connectivity index (χ1n) is 7.71. The van der Waals surface area contributed by atoms with Gasteiger partial charge in [0.25, 0.3) is 0 Å². The van der Waals surface area contributed by atoms with Gasteiger partial charge in [0.15, 0.2) is 5.82 Å². The second-order valence-corrected chi connectivity index (χ2v) is 6.48. The number of nitrogens with one attached hydrogen (secondary N) is 2. The highest BCUT2D eigenvalue weighted by molar-refractivity contribution is 7.09. The summed E-state index contributed by atoms with van der Waals surface area (Å²) >= 11 is 1.53. The Morgan fingerprint density at radius 1 is 1.29 bits per heavy atom. The molecule has 0 aliphatic rings. The maximum Gasteiger partial charge on any atom is 0.321 e. The summed E-state index contributed by atoms with van der Waals surface area (Å²) in [5.41, 5.74) is 0.437. The molecule has 1 aromatic carbocycles. The van der Waals surface area contributed by atoms with Crippen LogP contribution in [0.5, 0.6) is 0 Å². The Morgan fingerprint density at radius 2 is 2.08 bits per heavy atom. The molecule has 0 spiro atoms. The molecular formula is C17H19N5OS. The lowest BCUT2D eigenvalue weighted by atomic mass is 10.0. The van der Waals surface area contributed by atoms with Crippen molar-refractivity contribution < 1.29 is 4.79 Å². The first-order chi connectivity index (χ1) is 11.6. The van der Waals surface area contributed by atoms with Crippen LogP contribution < -0.4 is 10.6 Å².